The van der Waals surface area contributed by atoms with Crippen molar-refractivity contribution in [1.82, 2.24) is 10.2 Å². The SMILES string of the molecule is CCCCC1(CC)CN(C)CCN1. The quantitative estimate of drug-likeness (QED) is 0.717. The van der Waals surface area contributed by atoms with Crippen LogP contribution >= 0.6 is 0 Å². The molecule has 1 atom stereocenters. The van der Waals surface area contributed by atoms with Crippen LogP contribution in [0, 0.1) is 0 Å². The molecule has 1 aliphatic heterocycles. The number of nitrogens with zero attached hydrogens (tertiary/aromatic N) is 1. The van der Waals surface area contributed by atoms with Gasteiger partial charge in [-0.25, -0.2) is 0 Å². The first kappa shape index (κ1) is 11.0. The van der Waals surface area contributed by atoms with Crippen LogP contribution in [0.3, 0.4) is 0 Å². The van der Waals surface area contributed by atoms with Crippen molar-refractivity contribution in [2.45, 2.75) is 45.1 Å². The lowest BCUT2D eigenvalue weighted by Gasteiger charge is -2.42. The molecular formula is C11H24N2. The number of hydrogen-bond acceptors (Lipinski definition) is 2. The van der Waals surface area contributed by atoms with Gasteiger partial charge in [0.15, 0.2) is 0 Å². The number of nitrogens with one attached hydrogen (secondary N) is 1. The van der Waals surface area contributed by atoms with E-state index in [1.165, 1.54) is 38.8 Å². The number of hydrogen-bond donors (Lipinski definition) is 1. The van der Waals surface area contributed by atoms with Crippen LogP contribution in [-0.2, 0) is 0 Å². The summed E-state index contributed by atoms with van der Waals surface area (Å²) in [7, 11) is 2.23. The van der Waals surface area contributed by atoms with Gasteiger partial charge in [-0.1, -0.05) is 26.7 Å². The van der Waals surface area contributed by atoms with Crippen molar-refractivity contribution in [3.05, 3.63) is 0 Å². The van der Waals surface area contributed by atoms with Crippen LogP contribution in [-0.4, -0.2) is 37.1 Å². The molecule has 0 aromatic carbocycles. The fraction of sp³-hybridized carbons (Fsp3) is 1.00. The molecule has 1 saturated heterocycles. The van der Waals surface area contributed by atoms with Crippen LogP contribution in [0.5, 0.6) is 0 Å². The van der Waals surface area contributed by atoms with Gasteiger partial charge >= 0.3 is 0 Å². The molecule has 0 aromatic rings. The molecule has 1 fully saturated rings. The fourth-order valence-electron chi connectivity index (χ4n) is 2.26. The van der Waals surface area contributed by atoms with E-state index in [-0.39, 0.29) is 0 Å². The molecular weight excluding hydrogens is 160 g/mol. The molecule has 2 heteroatoms. The van der Waals surface area contributed by atoms with E-state index in [9.17, 15) is 0 Å². The Bertz CT molecular complexity index is 147. The maximum Gasteiger partial charge on any atom is 0.0306 e. The molecule has 1 N–H and O–H groups in total. The molecule has 0 aliphatic carbocycles. The minimum atomic E-state index is 0.420. The topological polar surface area (TPSA) is 15.3 Å². The third-order valence-corrected chi connectivity index (χ3v) is 3.25. The van der Waals surface area contributed by atoms with Crippen molar-refractivity contribution in [2.75, 3.05) is 26.7 Å². The van der Waals surface area contributed by atoms with Gasteiger partial charge in [0.25, 0.3) is 0 Å². The zero-order valence-corrected chi connectivity index (χ0v) is 9.40. The second-order valence-corrected chi connectivity index (χ2v) is 4.40. The van der Waals surface area contributed by atoms with Gasteiger partial charge in [-0.15, -0.1) is 0 Å². The van der Waals surface area contributed by atoms with E-state index >= 15 is 0 Å². The van der Waals surface area contributed by atoms with Gasteiger partial charge in [-0.3, -0.25) is 0 Å². The highest BCUT2D eigenvalue weighted by molar-refractivity contribution is 4.92. The van der Waals surface area contributed by atoms with Crippen LogP contribution in [0.2, 0.25) is 0 Å². The third kappa shape index (κ3) is 2.96. The van der Waals surface area contributed by atoms with Gasteiger partial charge in [0.05, 0.1) is 0 Å². The van der Waals surface area contributed by atoms with E-state index < -0.39 is 0 Å². The van der Waals surface area contributed by atoms with Crippen LogP contribution in [0.4, 0.5) is 0 Å². The predicted octanol–water partition coefficient (Wildman–Crippen LogP) is 1.86. The highest BCUT2D eigenvalue weighted by atomic mass is 15.2. The number of piperazine rings is 1. The van der Waals surface area contributed by atoms with Crippen molar-refractivity contribution in [3.63, 3.8) is 0 Å². The Labute approximate surface area is 82.7 Å². The highest BCUT2D eigenvalue weighted by Gasteiger charge is 2.30. The lowest BCUT2D eigenvalue weighted by atomic mass is 9.87. The summed E-state index contributed by atoms with van der Waals surface area (Å²) in [6, 6.07) is 0. The van der Waals surface area contributed by atoms with Gasteiger partial charge in [-0.05, 0) is 19.9 Å². The van der Waals surface area contributed by atoms with Crippen LogP contribution in [0.15, 0.2) is 0 Å². The molecule has 0 aromatic heterocycles. The van der Waals surface area contributed by atoms with E-state index in [1.807, 2.05) is 0 Å². The summed E-state index contributed by atoms with van der Waals surface area (Å²) in [5.41, 5.74) is 0.420. The standard InChI is InChI=1S/C11H24N2/c1-4-6-7-11(5-2)10-13(3)9-8-12-11/h12H,4-10H2,1-3H3. The monoisotopic (exact) mass is 184 g/mol. The summed E-state index contributed by atoms with van der Waals surface area (Å²) in [6.07, 6.45) is 5.27. The smallest absolute Gasteiger partial charge is 0.0306 e. The molecule has 78 valence electrons. The minimum Gasteiger partial charge on any atom is -0.309 e. The Morgan fingerprint density at radius 1 is 1.38 bits per heavy atom. The van der Waals surface area contributed by atoms with Crippen LogP contribution < -0.4 is 5.32 Å². The average molecular weight is 184 g/mol. The summed E-state index contributed by atoms with van der Waals surface area (Å²) in [5, 5.41) is 3.71. The van der Waals surface area contributed by atoms with Gasteiger partial charge in [-0.2, -0.15) is 0 Å². The van der Waals surface area contributed by atoms with E-state index in [1.54, 1.807) is 0 Å². The Kier molecular flexibility index (Phi) is 4.20. The number of likely N-dealkylation sites (N-methyl/N-ethyl adjacent to an activating group) is 1. The Balaban J connectivity index is 2.46. The van der Waals surface area contributed by atoms with E-state index in [4.69, 9.17) is 0 Å². The first-order chi connectivity index (χ1) is 6.22. The first-order valence-electron chi connectivity index (χ1n) is 5.66. The van der Waals surface area contributed by atoms with E-state index in [0.29, 0.717) is 5.54 Å². The Morgan fingerprint density at radius 3 is 2.69 bits per heavy atom. The van der Waals surface area contributed by atoms with Gasteiger partial charge < -0.3 is 10.2 Å². The van der Waals surface area contributed by atoms with Crippen LogP contribution in [0.25, 0.3) is 0 Å². The van der Waals surface area contributed by atoms with Crippen molar-refractivity contribution < 1.29 is 0 Å². The summed E-state index contributed by atoms with van der Waals surface area (Å²) in [4.78, 5) is 2.45. The normalized spacial score (nSPS) is 30.7. The van der Waals surface area contributed by atoms with Crippen molar-refractivity contribution in [1.29, 1.82) is 0 Å². The van der Waals surface area contributed by atoms with E-state index in [0.717, 1.165) is 6.54 Å². The zero-order valence-electron chi connectivity index (χ0n) is 9.40. The lowest BCUT2D eigenvalue weighted by molar-refractivity contribution is 0.141. The molecule has 0 spiro atoms. The molecule has 1 heterocycles. The third-order valence-electron chi connectivity index (χ3n) is 3.25. The van der Waals surface area contributed by atoms with Gasteiger partial charge in [0.1, 0.15) is 0 Å². The predicted molar refractivity (Wildman–Crippen MR) is 58.0 cm³/mol. The summed E-state index contributed by atoms with van der Waals surface area (Å²) >= 11 is 0. The molecule has 1 rings (SSSR count). The van der Waals surface area contributed by atoms with Crippen molar-refractivity contribution >= 4 is 0 Å². The summed E-state index contributed by atoms with van der Waals surface area (Å²) in [6.45, 7) is 8.17. The van der Waals surface area contributed by atoms with Crippen LogP contribution in [0.1, 0.15) is 39.5 Å². The zero-order chi connectivity index (χ0) is 9.73. The Hall–Kier alpha value is -0.0800. The lowest BCUT2D eigenvalue weighted by Crippen LogP contribution is -2.59. The number of rotatable bonds is 4. The second-order valence-electron chi connectivity index (χ2n) is 4.40. The van der Waals surface area contributed by atoms with Gasteiger partial charge in [0.2, 0.25) is 0 Å². The largest absolute Gasteiger partial charge is 0.309 e. The molecule has 0 amide bonds. The molecule has 0 radical (unpaired) electrons. The molecule has 0 bridgehead atoms. The maximum absolute atomic E-state index is 3.71. The summed E-state index contributed by atoms with van der Waals surface area (Å²) < 4.78 is 0. The average Bonchev–Trinajstić information content (AvgIpc) is 2.15. The molecule has 1 unspecified atom stereocenters. The highest BCUT2D eigenvalue weighted by Crippen LogP contribution is 2.21. The number of unbranched alkanes of at least 4 members (excludes halogenated alkanes) is 1. The second kappa shape index (κ2) is 4.97. The molecule has 1 aliphatic rings. The maximum atomic E-state index is 3.71. The first-order valence-corrected chi connectivity index (χ1v) is 5.66. The van der Waals surface area contributed by atoms with Crippen molar-refractivity contribution in [2.24, 2.45) is 0 Å². The summed E-state index contributed by atoms with van der Waals surface area (Å²) in [5.74, 6) is 0. The molecule has 0 saturated carbocycles. The van der Waals surface area contributed by atoms with E-state index in [2.05, 4.69) is 31.1 Å². The minimum absolute atomic E-state index is 0.420. The molecule has 2 nitrogen and oxygen atoms in total. The van der Waals surface area contributed by atoms with Gasteiger partial charge in [0, 0.05) is 25.2 Å². The Morgan fingerprint density at radius 2 is 2.15 bits per heavy atom. The van der Waals surface area contributed by atoms with Crippen molar-refractivity contribution in [3.8, 4) is 0 Å². The molecule has 13 heavy (non-hydrogen) atoms. The fourth-order valence-corrected chi connectivity index (χ4v) is 2.26.